The fraction of sp³-hybridized carbons (Fsp3) is 0.304. The topological polar surface area (TPSA) is 82.8 Å². The molecule has 0 N–H and O–H groups in total. The van der Waals surface area contributed by atoms with E-state index < -0.39 is 5.97 Å². The van der Waals surface area contributed by atoms with Crippen LogP contribution in [0.5, 0.6) is 11.5 Å². The highest BCUT2D eigenvalue weighted by atomic mass is 127. The Morgan fingerprint density at radius 1 is 1.28 bits per heavy atom. The maximum absolute atomic E-state index is 13.2. The van der Waals surface area contributed by atoms with Crippen molar-refractivity contribution >= 4 is 61.6 Å². The number of rotatable bonds is 8. The summed E-state index contributed by atoms with van der Waals surface area (Å²) in [4.78, 5) is 29.3. The highest BCUT2D eigenvalue weighted by molar-refractivity contribution is 14.1. The molecule has 0 aliphatic carbocycles. The van der Waals surface area contributed by atoms with Crippen LogP contribution in [0, 0.1) is 3.57 Å². The number of hydrogen-bond acceptors (Lipinski definition) is 6. The molecule has 0 saturated carbocycles. The monoisotopic (exact) mass is 611 g/mol. The van der Waals surface area contributed by atoms with Crippen LogP contribution >= 0.6 is 38.5 Å². The number of fused-ring (bicyclic) bond motifs is 1. The Labute approximate surface area is 208 Å². The minimum absolute atomic E-state index is 0.227. The first kappa shape index (κ1) is 24.4. The first-order valence-electron chi connectivity index (χ1n) is 10.2. The zero-order valence-corrected chi connectivity index (χ0v) is 21.8. The van der Waals surface area contributed by atoms with Gasteiger partial charge in [0.1, 0.15) is 5.82 Å². The summed E-state index contributed by atoms with van der Waals surface area (Å²) < 4.78 is 13.8. The van der Waals surface area contributed by atoms with Gasteiger partial charge in [0.15, 0.2) is 11.5 Å². The first-order chi connectivity index (χ1) is 15.3. The van der Waals surface area contributed by atoms with Crippen molar-refractivity contribution in [1.29, 1.82) is 0 Å². The van der Waals surface area contributed by atoms with Crippen LogP contribution in [0.1, 0.15) is 45.0 Å². The van der Waals surface area contributed by atoms with E-state index in [-0.39, 0.29) is 5.56 Å². The number of esters is 1. The molecule has 7 nitrogen and oxygen atoms in total. The molecule has 0 fully saturated rings. The van der Waals surface area contributed by atoms with Gasteiger partial charge in [-0.1, -0.05) is 29.3 Å². The van der Waals surface area contributed by atoms with E-state index in [1.165, 1.54) is 11.6 Å². The van der Waals surface area contributed by atoms with E-state index in [1.54, 1.807) is 18.3 Å². The summed E-state index contributed by atoms with van der Waals surface area (Å²) in [5, 5.41) is 4.97. The number of carbonyl (C=O) groups excluding carboxylic acids is 1. The molecule has 168 valence electrons. The summed E-state index contributed by atoms with van der Waals surface area (Å²) in [6.45, 7) is 5.70. The zero-order valence-electron chi connectivity index (χ0n) is 18.0. The smallest absolute Gasteiger partial charge is 0.308 e. The number of aryl methyl sites for hydroxylation is 1. The standard InChI is InChI=1S/C23H23BrIN3O4/c1-4-6-7-21-27-19-9-8-16(24)12-17(19)23(30)28(21)26-13-15-10-18(25)22(32-14(3)29)20(11-15)31-5-2/h8-13H,4-7H2,1-3H3. The third kappa shape index (κ3) is 5.74. The lowest BCUT2D eigenvalue weighted by molar-refractivity contribution is -0.132. The maximum atomic E-state index is 13.2. The average Bonchev–Trinajstić information content (AvgIpc) is 2.74. The van der Waals surface area contributed by atoms with Gasteiger partial charge in [-0.25, -0.2) is 4.98 Å². The molecule has 1 aromatic heterocycles. The zero-order chi connectivity index (χ0) is 23.3. The number of unbranched alkanes of at least 4 members (excludes halogenated alkanes) is 1. The number of hydrogen-bond donors (Lipinski definition) is 0. The van der Waals surface area contributed by atoms with Crippen molar-refractivity contribution in [2.75, 3.05) is 6.61 Å². The van der Waals surface area contributed by atoms with Crippen LogP contribution in [0.15, 0.2) is 44.7 Å². The fourth-order valence-electron chi connectivity index (χ4n) is 3.10. The van der Waals surface area contributed by atoms with Crippen molar-refractivity contribution in [2.45, 2.75) is 40.0 Å². The SMILES string of the molecule is CCCCc1nc2ccc(Br)cc2c(=O)n1N=Cc1cc(I)c(OC(C)=O)c(OCC)c1. The summed E-state index contributed by atoms with van der Waals surface area (Å²) >= 11 is 5.50. The van der Waals surface area contributed by atoms with Gasteiger partial charge in [0.05, 0.1) is 27.3 Å². The molecule has 0 amide bonds. The van der Waals surface area contributed by atoms with Gasteiger partial charge >= 0.3 is 5.97 Å². The first-order valence-corrected chi connectivity index (χ1v) is 12.1. The van der Waals surface area contributed by atoms with Gasteiger partial charge in [0, 0.05) is 17.8 Å². The van der Waals surface area contributed by atoms with E-state index in [0.29, 0.717) is 50.4 Å². The predicted molar refractivity (Wildman–Crippen MR) is 137 cm³/mol. The van der Waals surface area contributed by atoms with Crippen molar-refractivity contribution in [2.24, 2.45) is 5.10 Å². The van der Waals surface area contributed by atoms with Crippen LogP contribution in [0.2, 0.25) is 0 Å². The largest absolute Gasteiger partial charge is 0.490 e. The fourth-order valence-corrected chi connectivity index (χ4v) is 4.20. The molecule has 3 aromatic rings. The molecule has 0 unspecified atom stereocenters. The van der Waals surface area contributed by atoms with Crippen LogP contribution in [0.25, 0.3) is 10.9 Å². The highest BCUT2D eigenvalue weighted by Crippen LogP contribution is 2.34. The van der Waals surface area contributed by atoms with E-state index in [1.807, 2.05) is 25.1 Å². The van der Waals surface area contributed by atoms with Crippen LogP contribution in [0.3, 0.4) is 0 Å². The third-order valence-corrected chi connectivity index (χ3v) is 5.82. The number of nitrogens with zero attached hydrogens (tertiary/aromatic N) is 3. The van der Waals surface area contributed by atoms with Gasteiger partial charge in [-0.3, -0.25) is 9.59 Å². The summed E-state index contributed by atoms with van der Waals surface area (Å²) in [5.41, 5.74) is 1.13. The van der Waals surface area contributed by atoms with Crippen molar-refractivity contribution < 1.29 is 14.3 Å². The Kier molecular flexibility index (Phi) is 8.41. The minimum atomic E-state index is -0.425. The third-order valence-electron chi connectivity index (χ3n) is 4.53. The molecule has 0 radical (unpaired) electrons. The molecule has 2 aromatic carbocycles. The summed E-state index contributed by atoms with van der Waals surface area (Å²) in [6, 6.07) is 8.99. The summed E-state index contributed by atoms with van der Waals surface area (Å²) in [5.74, 6) is 0.996. The summed E-state index contributed by atoms with van der Waals surface area (Å²) in [6.07, 6.45) is 4.10. The van der Waals surface area contributed by atoms with Gasteiger partial charge in [0.25, 0.3) is 5.56 Å². The molecule has 3 rings (SSSR count). The Balaban J connectivity index is 2.09. The number of ether oxygens (including phenoxy) is 2. The van der Waals surface area contributed by atoms with Crippen LogP contribution < -0.4 is 15.0 Å². The predicted octanol–water partition coefficient (Wildman–Crippen LogP) is 5.31. The lowest BCUT2D eigenvalue weighted by Gasteiger charge is -2.13. The molecule has 0 bridgehead atoms. The van der Waals surface area contributed by atoms with Crippen LogP contribution in [-0.4, -0.2) is 28.5 Å². The van der Waals surface area contributed by atoms with Gasteiger partial charge in [-0.2, -0.15) is 9.78 Å². The Hall–Kier alpha value is -2.27. The molecule has 0 spiro atoms. The van der Waals surface area contributed by atoms with Gasteiger partial charge < -0.3 is 9.47 Å². The highest BCUT2D eigenvalue weighted by Gasteiger charge is 2.15. The van der Waals surface area contributed by atoms with E-state index in [2.05, 4.69) is 55.5 Å². The number of halogens is 2. The molecule has 0 aliphatic heterocycles. The lowest BCUT2D eigenvalue weighted by Crippen LogP contribution is -2.22. The van der Waals surface area contributed by atoms with Crippen molar-refractivity contribution in [3.8, 4) is 11.5 Å². The van der Waals surface area contributed by atoms with Crippen molar-refractivity contribution in [3.05, 3.63) is 60.1 Å². The summed E-state index contributed by atoms with van der Waals surface area (Å²) in [7, 11) is 0. The van der Waals surface area contributed by atoms with Gasteiger partial charge in [0.2, 0.25) is 0 Å². The molecule has 32 heavy (non-hydrogen) atoms. The molecular formula is C23H23BrIN3O4. The Morgan fingerprint density at radius 3 is 2.75 bits per heavy atom. The molecular weight excluding hydrogens is 589 g/mol. The number of aromatic nitrogens is 2. The molecule has 0 aliphatic rings. The molecule has 0 atom stereocenters. The molecule has 9 heteroatoms. The second-order valence-electron chi connectivity index (χ2n) is 7.01. The molecule has 0 saturated heterocycles. The quantitative estimate of drug-likeness (QED) is 0.149. The Morgan fingerprint density at radius 2 is 2.06 bits per heavy atom. The van der Waals surface area contributed by atoms with E-state index in [0.717, 1.165) is 17.3 Å². The lowest BCUT2D eigenvalue weighted by atomic mass is 10.2. The Bertz CT molecular complexity index is 1240. The second kappa shape index (κ2) is 11.0. The van der Waals surface area contributed by atoms with E-state index >= 15 is 0 Å². The van der Waals surface area contributed by atoms with Crippen LogP contribution in [-0.2, 0) is 11.2 Å². The van der Waals surface area contributed by atoms with Crippen LogP contribution in [0.4, 0.5) is 0 Å². The van der Waals surface area contributed by atoms with Crippen molar-refractivity contribution in [1.82, 2.24) is 9.66 Å². The normalized spacial score (nSPS) is 11.3. The van der Waals surface area contributed by atoms with Crippen molar-refractivity contribution in [3.63, 3.8) is 0 Å². The average molecular weight is 612 g/mol. The molecule has 1 heterocycles. The van der Waals surface area contributed by atoms with Gasteiger partial charge in [-0.05, 0) is 71.8 Å². The van der Waals surface area contributed by atoms with Gasteiger partial charge in [-0.15, -0.1) is 0 Å². The number of benzene rings is 2. The van der Waals surface area contributed by atoms with E-state index in [4.69, 9.17) is 9.47 Å². The second-order valence-corrected chi connectivity index (χ2v) is 9.09. The minimum Gasteiger partial charge on any atom is -0.490 e. The maximum Gasteiger partial charge on any atom is 0.308 e. The number of carbonyl (C=O) groups is 1. The van der Waals surface area contributed by atoms with E-state index in [9.17, 15) is 9.59 Å².